The third kappa shape index (κ3) is 2.55. The summed E-state index contributed by atoms with van der Waals surface area (Å²) in [6.07, 6.45) is 0. The second-order valence-electron chi connectivity index (χ2n) is 4.10. The maximum Gasteiger partial charge on any atom is 0.349 e. The zero-order chi connectivity index (χ0) is 14.0. The van der Waals surface area contributed by atoms with Crippen LogP contribution in [0, 0.1) is 0 Å². The van der Waals surface area contributed by atoms with Crippen molar-refractivity contribution in [1.82, 2.24) is 5.32 Å². The molecule has 0 aromatic heterocycles. The van der Waals surface area contributed by atoms with Crippen LogP contribution < -0.4 is 10.1 Å². The van der Waals surface area contributed by atoms with Gasteiger partial charge in [-0.1, -0.05) is 18.2 Å². The Morgan fingerprint density at radius 2 is 2.00 bits per heavy atom. The van der Waals surface area contributed by atoms with Crippen molar-refractivity contribution in [2.24, 2.45) is 0 Å². The fourth-order valence-electron chi connectivity index (χ4n) is 1.66. The lowest BCUT2D eigenvalue weighted by molar-refractivity contribution is -0.155. The van der Waals surface area contributed by atoms with Gasteiger partial charge in [-0.25, -0.2) is 4.79 Å². The third-order valence-electron chi connectivity index (χ3n) is 2.69. The molecule has 0 radical (unpaired) electrons. The standard InChI is InChI=1S/C12H11NO5S/c1-12(10(15)16,8-9(14)13-11(17)19-8)18-7-5-3-2-4-6-7/h2-6,8H,1H3,(H,15,16)(H,13,14,17). The molecule has 2 atom stereocenters. The first-order chi connectivity index (χ1) is 8.93. The summed E-state index contributed by atoms with van der Waals surface area (Å²) in [6, 6.07) is 8.29. The lowest BCUT2D eigenvalue weighted by atomic mass is 10.0. The maximum atomic E-state index is 11.6. The van der Waals surface area contributed by atoms with Crippen LogP contribution in [0.2, 0.25) is 0 Å². The second kappa shape index (κ2) is 4.93. The molecule has 1 aliphatic rings. The van der Waals surface area contributed by atoms with Gasteiger partial charge in [0.1, 0.15) is 11.0 Å². The smallest absolute Gasteiger partial charge is 0.349 e. The molecule has 2 N–H and O–H groups in total. The van der Waals surface area contributed by atoms with Gasteiger partial charge < -0.3 is 9.84 Å². The van der Waals surface area contributed by atoms with E-state index in [1.54, 1.807) is 30.3 Å². The van der Waals surface area contributed by atoms with Gasteiger partial charge in [-0.2, -0.15) is 0 Å². The number of hydrogen-bond donors (Lipinski definition) is 2. The number of carbonyl (C=O) groups is 3. The Balaban J connectivity index is 2.30. The first-order valence-corrected chi connectivity index (χ1v) is 6.30. The number of para-hydroxylation sites is 1. The molecular weight excluding hydrogens is 270 g/mol. The number of rotatable bonds is 4. The normalized spacial score (nSPS) is 21.6. The number of thioether (sulfide) groups is 1. The zero-order valence-corrected chi connectivity index (χ0v) is 10.8. The number of benzene rings is 1. The summed E-state index contributed by atoms with van der Waals surface area (Å²) in [5.74, 6) is -1.64. The minimum atomic E-state index is -1.82. The summed E-state index contributed by atoms with van der Waals surface area (Å²) < 4.78 is 5.43. The number of amides is 2. The van der Waals surface area contributed by atoms with E-state index in [0.29, 0.717) is 17.5 Å². The summed E-state index contributed by atoms with van der Waals surface area (Å²) in [5.41, 5.74) is -1.82. The van der Waals surface area contributed by atoms with Crippen molar-refractivity contribution in [2.45, 2.75) is 17.8 Å². The second-order valence-corrected chi connectivity index (χ2v) is 5.18. The summed E-state index contributed by atoms with van der Waals surface area (Å²) in [4.78, 5) is 34.2. The van der Waals surface area contributed by atoms with Gasteiger partial charge in [-0.05, 0) is 30.8 Å². The van der Waals surface area contributed by atoms with Gasteiger partial charge in [-0.15, -0.1) is 0 Å². The van der Waals surface area contributed by atoms with Crippen LogP contribution in [-0.2, 0) is 9.59 Å². The maximum absolute atomic E-state index is 11.6. The molecule has 2 amide bonds. The molecule has 100 valence electrons. The van der Waals surface area contributed by atoms with E-state index in [4.69, 9.17) is 4.74 Å². The van der Waals surface area contributed by atoms with E-state index in [1.807, 2.05) is 0 Å². The average Bonchev–Trinajstić information content (AvgIpc) is 2.70. The lowest BCUT2D eigenvalue weighted by Gasteiger charge is -2.29. The van der Waals surface area contributed by atoms with Crippen molar-refractivity contribution in [3.05, 3.63) is 30.3 Å². The van der Waals surface area contributed by atoms with E-state index >= 15 is 0 Å². The Bertz CT molecular complexity index is 532. The van der Waals surface area contributed by atoms with Gasteiger partial charge in [0, 0.05) is 0 Å². The van der Waals surface area contributed by atoms with Crippen LogP contribution in [0.25, 0.3) is 0 Å². The first kappa shape index (κ1) is 13.4. The number of carbonyl (C=O) groups excluding carboxylic acids is 2. The van der Waals surface area contributed by atoms with E-state index in [2.05, 4.69) is 5.32 Å². The number of carboxylic acids is 1. The molecule has 6 nitrogen and oxygen atoms in total. The highest BCUT2D eigenvalue weighted by Gasteiger charge is 2.53. The third-order valence-corrected chi connectivity index (χ3v) is 3.90. The number of nitrogens with one attached hydrogen (secondary N) is 1. The fraction of sp³-hybridized carbons (Fsp3) is 0.250. The van der Waals surface area contributed by atoms with Gasteiger partial charge in [0.25, 0.3) is 5.24 Å². The molecule has 0 saturated carbocycles. The Hall–Kier alpha value is -2.02. The zero-order valence-electron chi connectivity index (χ0n) is 9.95. The van der Waals surface area contributed by atoms with Crippen LogP contribution in [0.4, 0.5) is 4.79 Å². The van der Waals surface area contributed by atoms with Crippen LogP contribution in [0.1, 0.15) is 6.92 Å². The van der Waals surface area contributed by atoms with Crippen LogP contribution in [0.15, 0.2) is 30.3 Å². The Morgan fingerprint density at radius 3 is 2.47 bits per heavy atom. The van der Waals surface area contributed by atoms with Crippen molar-refractivity contribution in [1.29, 1.82) is 0 Å². The number of carboxylic acid groups (broad SMARTS) is 1. The Morgan fingerprint density at radius 1 is 1.37 bits per heavy atom. The van der Waals surface area contributed by atoms with Crippen molar-refractivity contribution in [2.75, 3.05) is 0 Å². The molecule has 1 fully saturated rings. The molecule has 1 saturated heterocycles. The van der Waals surface area contributed by atoms with Crippen molar-refractivity contribution in [3.63, 3.8) is 0 Å². The van der Waals surface area contributed by atoms with Gasteiger partial charge >= 0.3 is 5.97 Å². The molecule has 2 rings (SSSR count). The van der Waals surface area contributed by atoms with Gasteiger partial charge in [0.2, 0.25) is 11.5 Å². The molecule has 1 heterocycles. The molecule has 0 bridgehead atoms. The molecule has 19 heavy (non-hydrogen) atoms. The first-order valence-electron chi connectivity index (χ1n) is 5.42. The Labute approximate surface area is 113 Å². The highest BCUT2D eigenvalue weighted by Crippen LogP contribution is 2.33. The van der Waals surface area contributed by atoms with Crippen molar-refractivity contribution < 1.29 is 24.2 Å². The summed E-state index contributed by atoms with van der Waals surface area (Å²) in [7, 11) is 0. The van der Waals surface area contributed by atoms with E-state index in [-0.39, 0.29) is 0 Å². The predicted molar refractivity (Wildman–Crippen MR) is 68.0 cm³/mol. The topological polar surface area (TPSA) is 92.7 Å². The van der Waals surface area contributed by atoms with Crippen molar-refractivity contribution >= 4 is 28.9 Å². The largest absolute Gasteiger partial charge is 0.478 e. The van der Waals surface area contributed by atoms with Crippen molar-refractivity contribution in [3.8, 4) is 5.75 Å². The summed E-state index contributed by atoms with van der Waals surface area (Å²) in [6.45, 7) is 1.28. The number of aliphatic carboxylic acids is 1. The Kier molecular flexibility index (Phi) is 3.48. The van der Waals surface area contributed by atoms with Gasteiger partial charge in [0.05, 0.1) is 0 Å². The highest BCUT2D eigenvalue weighted by atomic mass is 32.2. The molecule has 0 aliphatic carbocycles. The molecular formula is C12H11NO5S. The van der Waals surface area contributed by atoms with E-state index in [1.165, 1.54) is 6.92 Å². The molecule has 1 aromatic rings. The minimum absolute atomic E-state index is 0.320. The SMILES string of the molecule is CC(Oc1ccccc1)(C(=O)O)C1SC(=O)NC1=O. The predicted octanol–water partition coefficient (Wildman–Crippen LogP) is 1.26. The lowest BCUT2D eigenvalue weighted by Crippen LogP contribution is -2.53. The summed E-state index contributed by atoms with van der Waals surface area (Å²) in [5, 5.41) is 9.69. The number of ether oxygens (including phenoxy) is 1. The van der Waals surface area contributed by atoms with E-state index in [9.17, 15) is 19.5 Å². The van der Waals surface area contributed by atoms with Crippen LogP contribution >= 0.6 is 11.8 Å². The van der Waals surface area contributed by atoms with E-state index in [0.717, 1.165) is 0 Å². The van der Waals surface area contributed by atoms with Crippen LogP contribution in [0.3, 0.4) is 0 Å². The molecule has 1 aromatic carbocycles. The van der Waals surface area contributed by atoms with Crippen LogP contribution in [0.5, 0.6) is 5.75 Å². The van der Waals surface area contributed by atoms with Gasteiger partial charge in [0.15, 0.2) is 0 Å². The van der Waals surface area contributed by atoms with E-state index < -0.39 is 28.0 Å². The molecule has 7 heteroatoms. The number of hydrogen-bond acceptors (Lipinski definition) is 5. The van der Waals surface area contributed by atoms with Crippen LogP contribution in [-0.4, -0.2) is 33.1 Å². The monoisotopic (exact) mass is 281 g/mol. The highest BCUT2D eigenvalue weighted by molar-refractivity contribution is 8.15. The number of imide groups is 1. The molecule has 2 unspecified atom stereocenters. The van der Waals surface area contributed by atoms with Gasteiger partial charge in [-0.3, -0.25) is 14.9 Å². The quantitative estimate of drug-likeness (QED) is 0.863. The average molecular weight is 281 g/mol. The fourth-order valence-corrected chi connectivity index (χ4v) is 2.57. The molecule has 1 aliphatic heterocycles. The molecule has 0 spiro atoms. The summed E-state index contributed by atoms with van der Waals surface area (Å²) >= 11 is 0.623. The minimum Gasteiger partial charge on any atom is -0.478 e.